The van der Waals surface area contributed by atoms with Gasteiger partial charge in [-0.25, -0.2) is 33.3 Å². The second-order valence-corrected chi connectivity index (χ2v) is 9.05. The fourth-order valence-electron chi connectivity index (χ4n) is 4.06. The number of aryl methyl sites for hydroxylation is 1. The minimum atomic E-state index is -2.43. The molecular formula is C22H25N9O3S. The van der Waals surface area contributed by atoms with Crippen molar-refractivity contribution in [3.63, 3.8) is 0 Å². The van der Waals surface area contributed by atoms with Gasteiger partial charge in [0, 0.05) is 37.8 Å². The number of aromatic amines is 1. The van der Waals surface area contributed by atoms with Gasteiger partial charge in [0.25, 0.3) is 0 Å². The van der Waals surface area contributed by atoms with Crippen molar-refractivity contribution in [1.29, 1.82) is 0 Å². The zero-order valence-corrected chi connectivity index (χ0v) is 20.2. The van der Waals surface area contributed by atoms with Crippen LogP contribution in [-0.2, 0) is 10.7 Å². The minimum Gasteiger partial charge on any atom is -0.481 e. The molecule has 4 aromatic heterocycles. The number of H-pyrrole nitrogens is 1. The van der Waals surface area contributed by atoms with Crippen molar-refractivity contribution >= 4 is 39.1 Å². The molecule has 1 aliphatic heterocycles. The summed E-state index contributed by atoms with van der Waals surface area (Å²) >= 11 is 0. The molecule has 0 spiro atoms. The topological polar surface area (TPSA) is 142 Å². The molecule has 1 fully saturated rings. The van der Waals surface area contributed by atoms with E-state index in [0.29, 0.717) is 60.6 Å². The highest BCUT2D eigenvalue weighted by atomic mass is 32.2. The predicted molar refractivity (Wildman–Crippen MR) is 133 cm³/mol. The first-order valence-electron chi connectivity index (χ1n) is 11.0. The van der Waals surface area contributed by atoms with Crippen LogP contribution in [0.2, 0.25) is 0 Å². The molecule has 182 valence electrons. The van der Waals surface area contributed by atoms with Crippen molar-refractivity contribution in [3.05, 3.63) is 42.7 Å². The highest BCUT2D eigenvalue weighted by Gasteiger charge is 2.21. The molecule has 4 aromatic rings. The molecule has 0 radical (unpaired) electrons. The number of pyridine rings is 2. The summed E-state index contributed by atoms with van der Waals surface area (Å²) in [5.74, 6) is 1.82. The summed E-state index contributed by atoms with van der Waals surface area (Å²) in [7, 11) is -0.855. The molecule has 0 aromatic carbocycles. The number of piperazine rings is 1. The molecule has 0 atom stereocenters. The Bertz CT molecular complexity index is 1410. The summed E-state index contributed by atoms with van der Waals surface area (Å²) in [6.45, 7) is 4.54. The molecule has 0 aliphatic carbocycles. The number of aromatic nitrogens is 6. The van der Waals surface area contributed by atoms with Crippen LogP contribution in [-0.4, -0.2) is 82.4 Å². The number of ether oxygens (including phenoxy) is 1. The Balaban J connectivity index is 1.52. The molecule has 0 amide bonds. The van der Waals surface area contributed by atoms with Crippen LogP contribution in [0.3, 0.4) is 0 Å². The highest BCUT2D eigenvalue weighted by Crippen LogP contribution is 2.34. The zero-order chi connectivity index (χ0) is 24.4. The van der Waals surface area contributed by atoms with Crippen LogP contribution < -0.4 is 15.0 Å². The van der Waals surface area contributed by atoms with E-state index in [1.54, 1.807) is 25.7 Å². The SMILES string of the molecule is COc1ccc(Nc2ncc(N3CCN(C[SH](=O)=O)CC3)cc2-c2nc(C)nc3[nH]cnc23)cn1. The van der Waals surface area contributed by atoms with Gasteiger partial charge in [-0.15, -0.1) is 0 Å². The number of hydrogen-bond acceptors (Lipinski definition) is 11. The maximum atomic E-state index is 11.1. The Morgan fingerprint density at radius 2 is 1.91 bits per heavy atom. The largest absolute Gasteiger partial charge is 0.481 e. The molecule has 1 saturated heterocycles. The Kier molecular flexibility index (Phi) is 6.42. The van der Waals surface area contributed by atoms with Gasteiger partial charge in [-0.05, 0) is 19.1 Å². The first-order valence-corrected chi connectivity index (χ1v) is 12.4. The number of thiol groups is 1. The standard InChI is InChI=1S/C22H25N9O3S/c1-14-27-19(20-22(28-14)26-12-25-20)17-9-16(31-7-5-30(6-8-31)13-35(32)33)11-24-21(17)29-15-3-4-18(34-2)23-10-15/h3-4,9-12,35H,5-8,13H2,1-2H3,(H,24,29)(H,25,26,27,28). The fraction of sp³-hybridized carbons (Fsp3) is 0.318. The van der Waals surface area contributed by atoms with Gasteiger partial charge in [-0.2, -0.15) is 0 Å². The van der Waals surface area contributed by atoms with Crippen LogP contribution in [0.1, 0.15) is 5.82 Å². The van der Waals surface area contributed by atoms with Crippen LogP contribution in [0.4, 0.5) is 17.2 Å². The Morgan fingerprint density at radius 3 is 2.63 bits per heavy atom. The second kappa shape index (κ2) is 9.80. The molecule has 2 N–H and O–H groups in total. The normalized spacial score (nSPS) is 14.5. The van der Waals surface area contributed by atoms with Crippen molar-refractivity contribution in [2.24, 2.45) is 0 Å². The highest BCUT2D eigenvalue weighted by molar-refractivity contribution is 7.72. The average Bonchev–Trinajstić information content (AvgIpc) is 3.33. The summed E-state index contributed by atoms with van der Waals surface area (Å²) in [4.78, 5) is 29.8. The number of fused-ring (bicyclic) bond motifs is 1. The van der Waals surface area contributed by atoms with Gasteiger partial charge in [-0.3, -0.25) is 4.90 Å². The van der Waals surface area contributed by atoms with E-state index in [-0.39, 0.29) is 5.88 Å². The zero-order valence-electron chi connectivity index (χ0n) is 19.3. The number of nitrogens with one attached hydrogen (secondary N) is 2. The van der Waals surface area contributed by atoms with E-state index in [4.69, 9.17) is 14.7 Å². The van der Waals surface area contributed by atoms with Crippen LogP contribution in [0.15, 0.2) is 36.9 Å². The molecule has 0 bridgehead atoms. The Morgan fingerprint density at radius 1 is 1.09 bits per heavy atom. The van der Waals surface area contributed by atoms with Crippen LogP contribution in [0.25, 0.3) is 22.4 Å². The van der Waals surface area contributed by atoms with Crippen molar-refractivity contribution in [2.75, 3.05) is 49.4 Å². The van der Waals surface area contributed by atoms with Crippen molar-refractivity contribution < 1.29 is 13.2 Å². The van der Waals surface area contributed by atoms with E-state index in [9.17, 15) is 8.42 Å². The number of methoxy groups -OCH3 is 1. The van der Waals surface area contributed by atoms with Gasteiger partial charge in [0.05, 0.1) is 43.1 Å². The van der Waals surface area contributed by atoms with E-state index in [1.165, 1.54) is 0 Å². The van der Waals surface area contributed by atoms with Crippen molar-refractivity contribution in [1.82, 2.24) is 34.8 Å². The molecule has 5 heterocycles. The third-order valence-corrected chi connectivity index (χ3v) is 6.41. The monoisotopic (exact) mass is 495 g/mol. The van der Waals surface area contributed by atoms with Crippen LogP contribution >= 0.6 is 0 Å². The lowest BCUT2D eigenvalue weighted by atomic mass is 10.1. The summed E-state index contributed by atoms with van der Waals surface area (Å²) in [5.41, 5.74) is 4.39. The smallest absolute Gasteiger partial charge is 0.213 e. The first-order chi connectivity index (χ1) is 17.0. The molecule has 13 heteroatoms. The summed E-state index contributed by atoms with van der Waals surface area (Å²) in [6, 6.07) is 5.67. The van der Waals surface area contributed by atoms with Crippen LogP contribution in [0.5, 0.6) is 5.88 Å². The number of rotatable bonds is 7. The maximum absolute atomic E-state index is 11.1. The summed E-state index contributed by atoms with van der Waals surface area (Å²) in [5, 5.41) is 3.34. The fourth-order valence-corrected chi connectivity index (χ4v) is 4.67. The molecule has 12 nitrogen and oxygen atoms in total. The number of hydrogen-bond donors (Lipinski definition) is 3. The lowest BCUT2D eigenvalue weighted by Crippen LogP contribution is -2.46. The van der Waals surface area contributed by atoms with Crippen molar-refractivity contribution in [2.45, 2.75) is 6.92 Å². The predicted octanol–water partition coefficient (Wildman–Crippen LogP) is 1.56. The molecule has 5 rings (SSSR count). The van der Waals surface area contributed by atoms with E-state index < -0.39 is 10.7 Å². The van der Waals surface area contributed by atoms with Gasteiger partial charge in [0.15, 0.2) is 16.4 Å². The molecule has 1 aliphatic rings. The molecule has 0 saturated carbocycles. The number of anilines is 3. The maximum Gasteiger partial charge on any atom is 0.213 e. The van der Waals surface area contributed by atoms with E-state index in [2.05, 4.69) is 30.2 Å². The first kappa shape index (κ1) is 22.9. The van der Waals surface area contributed by atoms with Crippen molar-refractivity contribution in [3.8, 4) is 17.1 Å². The number of nitrogens with zero attached hydrogens (tertiary/aromatic N) is 7. The lowest BCUT2D eigenvalue weighted by molar-refractivity contribution is 0.296. The molecular weight excluding hydrogens is 470 g/mol. The van der Waals surface area contributed by atoms with E-state index in [1.807, 2.05) is 30.2 Å². The average molecular weight is 496 g/mol. The van der Waals surface area contributed by atoms with Crippen LogP contribution in [0, 0.1) is 6.92 Å². The van der Waals surface area contributed by atoms with Gasteiger partial charge in [0.2, 0.25) is 5.88 Å². The van der Waals surface area contributed by atoms with E-state index in [0.717, 1.165) is 16.9 Å². The minimum absolute atomic E-state index is 0.0861. The third kappa shape index (κ3) is 5.00. The summed E-state index contributed by atoms with van der Waals surface area (Å²) in [6.07, 6.45) is 5.08. The molecule has 0 unspecified atom stereocenters. The van der Waals surface area contributed by atoms with Gasteiger partial charge >= 0.3 is 0 Å². The second-order valence-electron chi connectivity index (χ2n) is 8.10. The molecule has 35 heavy (non-hydrogen) atoms. The van der Waals surface area contributed by atoms with Gasteiger partial charge in [0.1, 0.15) is 22.9 Å². The summed E-state index contributed by atoms with van der Waals surface area (Å²) < 4.78 is 27.3. The quantitative estimate of drug-likeness (QED) is 0.322. The number of imidazole rings is 1. The lowest BCUT2D eigenvalue weighted by Gasteiger charge is -2.35. The van der Waals surface area contributed by atoms with Gasteiger partial charge < -0.3 is 19.9 Å². The Labute approximate surface area is 203 Å². The third-order valence-electron chi connectivity index (χ3n) is 5.78. The van der Waals surface area contributed by atoms with Gasteiger partial charge in [-0.1, -0.05) is 0 Å². The van der Waals surface area contributed by atoms with E-state index >= 15 is 0 Å². The Hall–Kier alpha value is -3.84.